The van der Waals surface area contributed by atoms with Gasteiger partial charge in [0.2, 0.25) is 0 Å². The van der Waals surface area contributed by atoms with Gasteiger partial charge in [-0.15, -0.1) is 0 Å². The molecule has 1 nitrogen and oxygen atoms in total. The van der Waals surface area contributed by atoms with Crippen LogP contribution in [0.3, 0.4) is 0 Å². The van der Waals surface area contributed by atoms with Crippen LogP contribution in [0.15, 0.2) is 12.3 Å². The lowest BCUT2D eigenvalue weighted by Crippen LogP contribution is -2.10. The van der Waals surface area contributed by atoms with Crippen LogP contribution in [0.4, 0.5) is 0 Å². The Hall–Kier alpha value is -0.460. The van der Waals surface area contributed by atoms with Crippen molar-refractivity contribution in [1.82, 2.24) is 5.32 Å². The van der Waals surface area contributed by atoms with Crippen molar-refractivity contribution in [3.8, 4) is 0 Å². The van der Waals surface area contributed by atoms with E-state index >= 15 is 0 Å². The molecule has 1 atom stereocenters. The molecule has 78 valence electrons. The van der Waals surface area contributed by atoms with Crippen LogP contribution in [-0.2, 0) is 0 Å². The van der Waals surface area contributed by atoms with E-state index in [1.54, 1.807) is 0 Å². The fourth-order valence-electron chi connectivity index (χ4n) is 1.42. The van der Waals surface area contributed by atoms with E-state index in [0.29, 0.717) is 0 Å². The van der Waals surface area contributed by atoms with E-state index in [0.717, 1.165) is 12.5 Å². The van der Waals surface area contributed by atoms with E-state index in [9.17, 15) is 0 Å². The molecule has 0 radical (unpaired) electrons. The second-order valence-corrected chi connectivity index (χ2v) is 3.84. The van der Waals surface area contributed by atoms with E-state index in [4.69, 9.17) is 0 Å². The van der Waals surface area contributed by atoms with Gasteiger partial charge in [-0.2, -0.15) is 0 Å². The summed E-state index contributed by atoms with van der Waals surface area (Å²) in [7, 11) is 0. The number of allylic oxidation sites excluding steroid dienone is 1. The average Bonchev–Trinajstić information content (AvgIpc) is 2.13. The fraction of sp³-hybridized carbons (Fsp3) is 0.833. The molecule has 13 heavy (non-hydrogen) atoms. The van der Waals surface area contributed by atoms with Gasteiger partial charge in [0.15, 0.2) is 0 Å². The molecule has 0 saturated carbocycles. The fourth-order valence-corrected chi connectivity index (χ4v) is 1.42. The van der Waals surface area contributed by atoms with Crippen LogP contribution < -0.4 is 5.32 Å². The molecule has 1 heteroatoms. The first kappa shape index (κ1) is 12.5. The Morgan fingerprint density at radius 1 is 1.23 bits per heavy atom. The van der Waals surface area contributed by atoms with Gasteiger partial charge in [0.1, 0.15) is 0 Å². The third-order valence-corrected chi connectivity index (χ3v) is 2.37. The highest BCUT2D eigenvalue weighted by Crippen LogP contribution is 2.11. The lowest BCUT2D eigenvalue weighted by atomic mass is 10.0. The van der Waals surface area contributed by atoms with Crippen LogP contribution in [0.1, 0.15) is 52.9 Å². The molecule has 0 rings (SSSR count). The summed E-state index contributed by atoms with van der Waals surface area (Å²) in [5, 5.41) is 3.28. The molecule has 0 spiro atoms. The van der Waals surface area contributed by atoms with Crippen molar-refractivity contribution >= 4 is 0 Å². The average molecular weight is 183 g/mol. The molecular formula is C12H25N. The molecule has 0 aromatic rings. The molecule has 0 amide bonds. The number of nitrogens with one attached hydrogen (secondary N) is 1. The van der Waals surface area contributed by atoms with Crippen LogP contribution >= 0.6 is 0 Å². The standard InChI is InChI=1S/C12H25N/c1-4-6-7-8-12(3)9-11-13-10-5-2/h5,10,12-13H,4,6-9,11H2,1-3H3/b10-5-/t12-/m1/s1. The van der Waals surface area contributed by atoms with Crippen molar-refractivity contribution < 1.29 is 0 Å². The van der Waals surface area contributed by atoms with E-state index < -0.39 is 0 Å². The van der Waals surface area contributed by atoms with Gasteiger partial charge in [-0.25, -0.2) is 0 Å². The summed E-state index contributed by atoms with van der Waals surface area (Å²) in [6, 6.07) is 0. The Labute approximate surface area is 83.6 Å². The third kappa shape index (κ3) is 9.45. The summed E-state index contributed by atoms with van der Waals surface area (Å²) in [5.74, 6) is 0.879. The van der Waals surface area contributed by atoms with Crippen LogP contribution in [0.25, 0.3) is 0 Å². The van der Waals surface area contributed by atoms with Crippen LogP contribution in [0, 0.1) is 5.92 Å². The topological polar surface area (TPSA) is 12.0 Å². The second-order valence-electron chi connectivity index (χ2n) is 3.84. The summed E-state index contributed by atoms with van der Waals surface area (Å²) >= 11 is 0. The molecule has 1 N–H and O–H groups in total. The predicted molar refractivity (Wildman–Crippen MR) is 60.7 cm³/mol. The van der Waals surface area contributed by atoms with Crippen LogP contribution in [0.2, 0.25) is 0 Å². The van der Waals surface area contributed by atoms with E-state index in [1.807, 2.05) is 19.2 Å². The molecule has 0 fully saturated rings. The predicted octanol–water partition coefficient (Wildman–Crippen LogP) is 3.72. The van der Waals surface area contributed by atoms with Gasteiger partial charge in [-0.1, -0.05) is 45.6 Å². The number of hydrogen-bond acceptors (Lipinski definition) is 1. The highest BCUT2D eigenvalue weighted by atomic mass is 14.8. The monoisotopic (exact) mass is 183 g/mol. The van der Waals surface area contributed by atoms with Crippen molar-refractivity contribution in [3.63, 3.8) is 0 Å². The van der Waals surface area contributed by atoms with Gasteiger partial charge in [-0.05, 0) is 25.5 Å². The van der Waals surface area contributed by atoms with Crippen LogP contribution in [-0.4, -0.2) is 6.54 Å². The Kier molecular flexibility index (Phi) is 9.29. The normalized spacial score (nSPS) is 13.5. The summed E-state index contributed by atoms with van der Waals surface area (Å²) < 4.78 is 0. The molecule has 0 saturated heterocycles. The molecule has 0 bridgehead atoms. The summed E-state index contributed by atoms with van der Waals surface area (Å²) in [5.41, 5.74) is 0. The molecular weight excluding hydrogens is 158 g/mol. The summed E-state index contributed by atoms with van der Waals surface area (Å²) in [4.78, 5) is 0. The molecule has 0 aromatic carbocycles. The minimum Gasteiger partial charge on any atom is -0.391 e. The van der Waals surface area contributed by atoms with Crippen LogP contribution in [0.5, 0.6) is 0 Å². The molecule has 0 aliphatic carbocycles. The Morgan fingerprint density at radius 3 is 2.62 bits per heavy atom. The minimum atomic E-state index is 0.879. The van der Waals surface area contributed by atoms with Crippen molar-refractivity contribution in [1.29, 1.82) is 0 Å². The number of rotatable bonds is 8. The Bertz CT molecular complexity index is 118. The first-order valence-corrected chi connectivity index (χ1v) is 5.65. The maximum atomic E-state index is 3.28. The maximum absolute atomic E-state index is 3.28. The Balaban J connectivity index is 3.14. The zero-order valence-corrected chi connectivity index (χ0v) is 9.47. The molecule has 0 aliphatic rings. The second kappa shape index (κ2) is 9.63. The third-order valence-electron chi connectivity index (χ3n) is 2.37. The number of unbranched alkanes of at least 4 members (excludes halogenated alkanes) is 2. The van der Waals surface area contributed by atoms with E-state index in [1.165, 1.54) is 32.1 Å². The number of hydrogen-bond donors (Lipinski definition) is 1. The van der Waals surface area contributed by atoms with Gasteiger partial charge < -0.3 is 5.32 Å². The molecule has 0 heterocycles. The smallest absolute Gasteiger partial charge is 0.0143 e. The highest BCUT2D eigenvalue weighted by Gasteiger charge is 1.99. The highest BCUT2D eigenvalue weighted by molar-refractivity contribution is 4.73. The summed E-state index contributed by atoms with van der Waals surface area (Å²) in [6.07, 6.45) is 10.9. The zero-order chi connectivity index (χ0) is 9.94. The van der Waals surface area contributed by atoms with Crippen molar-refractivity contribution in [3.05, 3.63) is 12.3 Å². The van der Waals surface area contributed by atoms with Gasteiger partial charge in [0, 0.05) is 6.54 Å². The molecule has 0 aliphatic heterocycles. The lowest BCUT2D eigenvalue weighted by Gasteiger charge is -2.10. The van der Waals surface area contributed by atoms with Gasteiger partial charge in [0.05, 0.1) is 0 Å². The first-order chi connectivity index (χ1) is 6.31. The first-order valence-electron chi connectivity index (χ1n) is 5.65. The van der Waals surface area contributed by atoms with Gasteiger partial charge in [0.25, 0.3) is 0 Å². The maximum Gasteiger partial charge on any atom is 0.0143 e. The largest absolute Gasteiger partial charge is 0.391 e. The van der Waals surface area contributed by atoms with E-state index in [2.05, 4.69) is 19.2 Å². The van der Waals surface area contributed by atoms with Crippen molar-refractivity contribution in [2.45, 2.75) is 52.9 Å². The van der Waals surface area contributed by atoms with Crippen molar-refractivity contribution in [2.75, 3.05) is 6.54 Å². The zero-order valence-electron chi connectivity index (χ0n) is 9.47. The quantitative estimate of drug-likeness (QED) is 0.566. The van der Waals surface area contributed by atoms with Gasteiger partial charge in [-0.3, -0.25) is 0 Å². The minimum absolute atomic E-state index is 0.879. The van der Waals surface area contributed by atoms with Gasteiger partial charge >= 0.3 is 0 Å². The van der Waals surface area contributed by atoms with E-state index in [-0.39, 0.29) is 0 Å². The lowest BCUT2D eigenvalue weighted by molar-refractivity contribution is 0.460. The van der Waals surface area contributed by atoms with Crippen molar-refractivity contribution in [2.24, 2.45) is 5.92 Å². The Morgan fingerprint density at radius 2 is 2.00 bits per heavy atom. The SMILES string of the molecule is C/C=C\NCC[C@H](C)CCCCC. The molecule has 0 aromatic heterocycles. The summed E-state index contributed by atoms with van der Waals surface area (Å²) in [6.45, 7) is 7.78. The molecule has 0 unspecified atom stereocenters.